The predicted octanol–water partition coefficient (Wildman–Crippen LogP) is 7.06. The molecule has 0 saturated heterocycles. The molecule has 1 heterocycles. The maximum atomic E-state index is 13.8. The third kappa shape index (κ3) is 5.12. The molecular formula is C31H43NO4. The van der Waals surface area contributed by atoms with Crippen LogP contribution in [0, 0.1) is 10.8 Å². The van der Waals surface area contributed by atoms with Crippen molar-refractivity contribution < 1.29 is 19.4 Å². The summed E-state index contributed by atoms with van der Waals surface area (Å²) < 4.78 is 5.41. The summed E-state index contributed by atoms with van der Waals surface area (Å²) in [6.45, 7) is 11.8. The number of methoxy groups -OCH3 is 1. The number of benzene rings is 1. The fraction of sp³-hybridized carbons (Fsp3) is 0.613. The van der Waals surface area contributed by atoms with Crippen LogP contribution < -0.4 is 4.74 Å². The summed E-state index contributed by atoms with van der Waals surface area (Å²) in [5, 5.41) is 10.2. The average Bonchev–Trinajstić information content (AvgIpc) is 2.78. The summed E-state index contributed by atoms with van der Waals surface area (Å²) >= 11 is 0. The summed E-state index contributed by atoms with van der Waals surface area (Å²) in [6.07, 6.45) is 8.46. The zero-order valence-corrected chi connectivity index (χ0v) is 23.0. The maximum absolute atomic E-state index is 13.8. The van der Waals surface area contributed by atoms with Crippen LogP contribution in [0.1, 0.15) is 104 Å². The lowest BCUT2D eigenvalue weighted by Gasteiger charge is -2.49. The van der Waals surface area contributed by atoms with Gasteiger partial charge < -0.3 is 14.7 Å². The van der Waals surface area contributed by atoms with Gasteiger partial charge in [0.05, 0.1) is 7.11 Å². The van der Waals surface area contributed by atoms with Crippen LogP contribution in [0.25, 0.3) is 0 Å². The first kappa shape index (κ1) is 26.5. The number of phenols is 1. The van der Waals surface area contributed by atoms with E-state index in [1.807, 2.05) is 6.07 Å². The summed E-state index contributed by atoms with van der Waals surface area (Å²) in [7, 11) is 1.53. The first-order valence-electron chi connectivity index (χ1n) is 13.6. The second-order valence-corrected chi connectivity index (χ2v) is 12.5. The molecule has 0 fully saturated rings. The van der Waals surface area contributed by atoms with Gasteiger partial charge in [0.25, 0.3) is 0 Å². The molecule has 0 bridgehead atoms. The van der Waals surface area contributed by atoms with Gasteiger partial charge in [-0.15, -0.1) is 0 Å². The highest BCUT2D eigenvalue weighted by molar-refractivity contribution is 6.06. The van der Waals surface area contributed by atoms with Gasteiger partial charge in [0.1, 0.15) is 0 Å². The molecule has 36 heavy (non-hydrogen) atoms. The van der Waals surface area contributed by atoms with E-state index in [0.29, 0.717) is 18.6 Å². The predicted molar refractivity (Wildman–Crippen MR) is 143 cm³/mol. The minimum absolute atomic E-state index is 0.0568. The Hall–Kier alpha value is -2.56. The molecule has 1 aliphatic heterocycles. The molecule has 5 heteroatoms. The zero-order chi connectivity index (χ0) is 26.3. The Labute approximate surface area is 216 Å². The summed E-state index contributed by atoms with van der Waals surface area (Å²) in [4.78, 5) is 30.0. The number of carbonyl (C=O) groups excluding carboxylic acids is 2. The highest BCUT2D eigenvalue weighted by Crippen LogP contribution is 2.54. The number of ether oxygens (including phenoxy) is 1. The van der Waals surface area contributed by atoms with Gasteiger partial charge >= 0.3 is 0 Å². The van der Waals surface area contributed by atoms with Crippen molar-refractivity contribution in [3.05, 3.63) is 46.3 Å². The van der Waals surface area contributed by atoms with Crippen molar-refractivity contribution in [2.75, 3.05) is 13.7 Å². The van der Waals surface area contributed by atoms with E-state index in [1.165, 1.54) is 26.4 Å². The molecule has 0 unspecified atom stereocenters. The van der Waals surface area contributed by atoms with Gasteiger partial charge in [-0.2, -0.15) is 0 Å². The van der Waals surface area contributed by atoms with Gasteiger partial charge in [-0.25, -0.2) is 0 Å². The molecule has 2 aliphatic carbocycles. The van der Waals surface area contributed by atoms with E-state index in [9.17, 15) is 14.7 Å². The van der Waals surface area contributed by atoms with Crippen LogP contribution in [-0.4, -0.2) is 35.2 Å². The van der Waals surface area contributed by atoms with E-state index in [-0.39, 0.29) is 28.1 Å². The molecule has 1 N–H and O–H groups in total. The fourth-order valence-electron chi connectivity index (χ4n) is 6.40. The molecule has 5 nitrogen and oxygen atoms in total. The number of Topliss-reactive ketones (excluding diaryl/α,β-unsaturated/α-hetero) is 2. The molecule has 0 amide bonds. The molecule has 0 aromatic heterocycles. The van der Waals surface area contributed by atoms with Crippen molar-refractivity contribution >= 4 is 11.6 Å². The number of allylic oxidation sites excluding steroid dienone is 4. The molecule has 3 aliphatic rings. The monoisotopic (exact) mass is 493 g/mol. The maximum Gasteiger partial charge on any atom is 0.162 e. The smallest absolute Gasteiger partial charge is 0.162 e. The first-order chi connectivity index (χ1) is 17.0. The molecule has 196 valence electrons. The number of carbonyl (C=O) groups is 2. The molecule has 1 aromatic carbocycles. The van der Waals surface area contributed by atoms with Crippen molar-refractivity contribution in [3.8, 4) is 11.5 Å². The number of ketones is 2. The van der Waals surface area contributed by atoms with Crippen LogP contribution >= 0.6 is 0 Å². The van der Waals surface area contributed by atoms with Crippen LogP contribution in [0.3, 0.4) is 0 Å². The minimum atomic E-state index is -0.409. The fourth-order valence-corrected chi connectivity index (χ4v) is 6.40. The van der Waals surface area contributed by atoms with Crippen molar-refractivity contribution in [2.45, 2.75) is 98.3 Å². The third-order valence-corrected chi connectivity index (χ3v) is 8.04. The quantitative estimate of drug-likeness (QED) is 0.393. The number of rotatable bonds is 8. The van der Waals surface area contributed by atoms with E-state index in [4.69, 9.17) is 4.74 Å². The van der Waals surface area contributed by atoms with Gasteiger partial charge in [-0.3, -0.25) is 9.59 Å². The zero-order valence-electron chi connectivity index (χ0n) is 23.0. The number of aromatic hydroxyl groups is 1. The van der Waals surface area contributed by atoms with Crippen molar-refractivity contribution in [3.63, 3.8) is 0 Å². The van der Waals surface area contributed by atoms with Crippen LogP contribution in [0.5, 0.6) is 11.5 Å². The van der Waals surface area contributed by atoms with Crippen molar-refractivity contribution in [2.24, 2.45) is 10.8 Å². The summed E-state index contributed by atoms with van der Waals surface area (Å²) in [6, 6.07) is 5.26. The lowest BCUT2D eigenvalue weighted by molar-refractivity contribution is -0.119. The van der Waals surface area contributed by atoms with Crippen molar-refractivity contribution in [1.82, 2.24) is 4.90 Å². The topological polar surface area (TPSA) is 66.8 Å². The third-order valence-electron chi connectivity index (χ3n) is 8.04. The standard InChI is InChI=1S/C31H43NO4/c1-7-8-9-10-11-14-32-21-16-30(2,3)18-24(34)28(21)27(20-12-13-23(33)26(15-20)36-6)29-22(32)17-31(4,5)19-25(29)35/h12-13,15,27,33H,7-11,14,16-19H2,1-6H3. The van der Waals surface area contributed by atoms with Gasteiger partial charge in [0.2, 0.25) is 0 Å². The Balaban J connectivity index is 1.88. The molecule has 0 atom stereocenters. The van der Waals surface area contributed by atoms with Crippen LogP contribution in [0.4, 0.5) is 0 Å². The van der Waals surface area contributed by atoms with Gasteiger partial charge in [0.15, 0.2) is 23.1 Å². The number of nitrogens with zero attached hydrogens (tertiary/aromatic N) is 1. The minimum Gasteiger partial charge on any atom is -0.504 e. The van der Waals surface area contributed by atoms with Gasteiger partial charge in [-0.1, -0.05) is 66.4 Å². The average molecular weight is 494 g/mol. The van der Waals surface area contributed by atoms with E-state index in [0.717, 1.165) is 60.3 Å². The van der Waals surface area contributed by atoms with Gasteiger partial charge in [-0.05, 0) is 47.8 Å². The molecule has 0 spiro atoms. The largest absolute Gasteiger partial charge is 0.504 e. The number of phenolic OH excluding ortho intramolecular Hbond substituents is 1. The Kier molecular flexibility index (Phi) is 7.41. The highest BCUT2D eigenvalue weighted by atomic mass is 16.5. The Morgan fingerprint density at radius 3 is 1.97 bits per heavy atom. The van der Waals surface area contributed by atoms with Crippen LogP contribution in [0.15, 0.2) is 40.7 Å². The number of hydrogen-bond donors (Lipinski definition) is 1. The first-order valence-corrected chi connectivity index (χ1v) is 13.6. The SMILES string of the molecule is CCCCCCCN1C2=C(C(=O)CC(C)(C)C2)C(c2ccc(O)c(OC)c2)C2=C1CC(C)(C)CC2=O. The second kappa shape index (κ2) is 10.1. The van der Waals surface area contributed by atoms with Gasteiger partial charge in [0, 0.05) is 47.8 Å². The van der Waals surface area contributed by atoms with Crippen LogP contribution in [-0.2, 0) is 9.59 Å². The van der Waals surface area contributed by atoms with Crippen LogP contribution in [0.2, 0.25) is 0 Å². The molecule has 4 rings (SSSR count). The lowest BCUT2D eigenvalue weighted by Crippen LogP contribution is -2.44. The Morgan fingerprint density at radius 1 is 0.889 bits per heavy atom. The summed E-state index contributed by atoms with van der Waals surface area (Å²) in [5.74, 6) is 0.286. The lowest BCUT2D eigenvalue weighted by atomic mass is 9.63. The van der Waals surface area contributed by atoms with Crippen molar-refractivity contribution in [1.29, 1.82) is 0 Å². The Morgan fingerprint density at radius 2 is 1.44 bits per heavy atom. The molecule has 0 saturated carbocycles. The highest BCUT2D eigenvalue weighted by Gasteiger charge is 2.48. The van der Waals surface area contributed by atoms with E-state index >= 15 is 0 Å². The number of unbranched alkanes of at least 4 members (excludes halogenated alkanes) is 4. The summed E-state index contributed by atoms with van der Waals surface area (Å²) in [5.41, 5.74) is 4.36. The molecule has 0 radical (unpaired) electrons. The number of hydrogen-bond acceptors (Lipinski definition) is 5. The van der Waals surface area contributed by atoms with E-state index < -0.39 is 5.92 Å². The Bertz CT molecular complexity index is 1050. The second-order valence-electron chi connectivity index (χ2n) is 12.5. The molecule has 1 aromatic rings. The van der Waals surface area contributed by atoms with E-state index in [2.05, 4.69) is 39.5 Å². The normalized spacial score (nSPS) is 21.6. The molecular weight excluding hydrogens is 450 g/mol. The van der Waals surface area contributed by atoms with E-state index in [1.54, 1.807) is 12.1 Å².